The normalized spacial score (nSPS) is 21.1. The first-order valence-corrected chi connectivity index (χ1v) is 7.30. The van der Waals surface area contributed by atoms with Crippen molar-refractivity contribution in [1.29, 1.82) is 0 Å². The fourth-order valence-corrected chi connectivity index (χ4v) is 1.89. The average Bonchev–Trinajstić information content (AvgIpc) is 2.82. The van der Waals surface area contributed by atoms with Gasteiger partial charge in [-0.2, -0.15) is 0 Å². The molecule has 1 aliphatic rings. The van der Waals surface area contributed by atoms with Crippen LogP contribution in [0.2, 0.25) is 0 Å². The van der Waals surface area contributed by atoms with Crippen LogP contribution < -0.4 is 10.6 Å². The van der Waals surface area contributed by atoms with Crippen LogP contribution in [0, 0.1) is 5.92 Å². The minimum Gasteiger partial charge on any atom is -0.378 e. The molecule has 0 radical (unpaired) electrons. The second-order valence-corrected chi connectivity index (χ2v) is 5.36. The van der Waals surface area contributed by atoms with Gasteiger partial charge in [0, 0.05) is 25.7 Å². The molecular weight excluding hydrogens is 353 g/mol. The van der Waals surface area contributed by atoms with Gasteiger partial charge in [0.1, 0.15) is 0 Å². The Morgan fingerprint density at radius 1 is 1.37 bits per heavy atom. The number of nitrogens with zero attached hydrogens (tertiary/aromatic N) is 1. The molecule has 0 saturated carbocycles. The summed E-state index contributed by atoms with van der Waals surface area (Å²) in [6.45, 7) is 11.4. The van der Waals surface area contributed by atoms with Crippen molar-refractivity contribution < 1.29 is 4.74 Å². The largest absolute Gasteiger partial charge is 0.378 e. The zero-order valence-corrected chi connectivity index (χ0v) is 15.1. The average molecular weight is 383 g/mol. The summed E-state index contributed by atoms with van der Waals surface area (Å²) in [6, 6.07) is 0.436. The molecule has 1 rings (SSSR count). The van der Waals surface area contributed by atoms with Gasteiger partial charge < -0.3 is 15.4 Å². The molecule has 0 aliphatic carbocycles. The number of guanidine groups is 1. The number of halogens is 1. The van der Waals surface area contributed by atoms with E-state index >= 15 is 0 Å². The molecule has 0 aromatic heterocycles. The molecule has 0 spiro atoms. The molecule has 0 aromatic carbocycles. The molecule has 0 amide bonds. The highest BCUT2D eigenvalue weighted by molar-refractivity contribution is 14.0. The van der Waals surface area contributed by atoms with Crippen molar-refractivity contribution >= 4 is 29.9 Å². The lowest BCUT2D eigenvalue weighted by molar-refractivity contribution is 0.106. The molecule has 0 aromatic rings. The van der Waals surface area contributed by atoms with E-state index in [1.165, 1.54) is 12.8 Å². The van der Waals surface area contributed by atoms with Crippen molar-refractivity contribution in [2.45, 2.75) is 59.1 Å². The van der Waals surface area contributed by atoms with Crippen LogP contribution >= 0.6 is 24.0 Å². The Balaban J connectivity index is 0.00000324. The van der Waals surface area contributed by atoms with Crippen molar-refractivity contribution in [3.05, 3.63) is 0 Å². The molecule has 4 nitrogen and oxygen atoms in total. The maximum absolute atomic E-state index is 5.60. The van der Waals surface area contributed by atoms with E-state index in [1.807, 2.05) is 0 Å². The number of hydrogen-bond donors (Lipinski definition) is 2. The van der Waals surface area contributed by atoms with Crippen LogP contribution in [0.15, 0.2) is 4.99 Å². The first-order valence-electron chi connectivity index (χ1n) is 7.30. The van der Waals surface area contributed by atoms with Crippen LogP contribution in [0.25, 0.3) is 0 Å². The Bertz CT molecular complexity index is 253. The molecule has 1 saturated heterocycles. The third-order valence-electron chi connectivity index (χ3n) is 3.45. The van der Waals surface area contributed by atoms with E-state index in [4.69, 9.17) is 4.74 Å². The quantitative estimate of drug-likeness (QED) is 0.421. The lowest BCUT2D eigenvalue weighted by Gasteiger charge is -2.20. The van der Waals surface area contributed by atoms with Gasteiger partial charge in [-0.3, -0.25) is 4.99 Å². The van der Waals surface area contributed by atoms with Gasteiger partial charge in [0.25, 0.3) is 0 Å². The van der Waals surface area contributed by atoms with E-state index in [0.717, 1.165) is 32.1 Å². The Kier molecular flexibility index (Phi) is 10.7. The second-order valence-electron chi connectivity index (χ2n) is 5.36. The highest BCUT2D eigenvalue weighted by Crippen LogP contribution is 2.14. The van der Waals surface area contributed by atoms with Gasteiger partial charge in [-0.1, -0.05) is 13.8 Å². The summed E-state index contributed by atoms with van der Waals surface area (Å²) >= 11 is 0. The Morgan fingerprint density at radius 3 is 2.63 bits per heavy atom. The van der Waals surface area contributed by atoms with E-state index in [1.54, 1.807) is 0 Å². The number of ether oxygens (including phenoxy) is 1. The molecule has 2 atom stereocenters. The lowest BCUT2D eigenvalue weighted by Crippen LogP contribution is -2.44. The molecule has 5 heteroatoms. The number of aliphatic imine (C=N–C) groups is 1. The summed E-state index contributed by atoms with van der Waals surface area (Å²) in [5, 5.41) is 6.73. The van der Waals surface area contributed by atoms with Crippen LogP contribution in [0.3, 0.4) is 0 Å². The third-order valence-corrected chi connectivity index (χ3v) is 3.45. The Labute approximate surface area is 135 Å². The fourth-order valence-electron chi connectivity index (χ4n) is 1.89. The predicted octanol–water partition coefficient (Wildman–Crippen LogP) is 2.77. The highest BCUT2D eigenvalue weighted by atomic mass is 127. The number of nitrogens with one attached hydrogen (secondary N) is 2. The van der Waals surface area contributed by atoms with Crippen LogP contribution in [0.5, 0.6) is 0 Å². The van der Waals surface area contributed by atoms with Crippen molar-refractivity contribution in [2.75, 3.05) is 19.7 Å². The molecule has 2 unspecified atom stereocenters. The first-order chi connectivity index (χ1) is 8.63. The van der Waals surface area contributed by atoms with E-state index in [-0.39, 0.29) is 24.0 Å². The molecular formula is C14H30IN3O. The van der Waals surface area contributed by atoms with Crippen molar-refractivity contribution in [1.82, 2.24) is 10.6 Å². The minimum absolute atomic E-state index is 0. The van der Waals surface area contributed by atoms with E-state index in [2.05, 4.69) is 43.3 Å². The third kappa shape index (κ3) is 7.97. The Hall–Kier alpha value is -0.0400. The summed E-state index contributed by atoms with van der Waals surface area (Å²) in [4.78, 5) is 4.61. The van der Waals surface area contributed by atoms with Gasteiger partial charge in [-0.05, 0) is 39.0 Å². The summed E-state index contributed by atoms with van der Waals surface area (Å²) in [6.07, 6.45) is 3.87. The van der Waals surface area contributed by atoms with E-state index in [9.17, 15) is 0 Å². The second kappa shape index (κ2) is 10.7. The molecule has 114 valence electrons. The summed E-state index contributed by atoms with van der Waals surface area (Å²) in [7, 11) is 0. The number of rotatable bonds is 6. The summed E-state index contributed by atoms with van der Waals surface area (Å²) < 4.78 is 5.60. The number of hydrogen-bond acceptors (Lipinski definition) is 2. The fraction of sp³-hybridized carbons (Fsp3) is 0.929. The lowest BCUT2D eigenvalue weighted by atomic mass is 10.1. The van der Waals surface area contributed by atoms with Crippen molar-refractivity contribution in [2.24, 2.45) is 10.9 Å². The molecule has 19 heavy (non-hydrogen) atoms. The zero-order chi connectivity index (χ0) is 13.4. The highest BCUT2D eigenvalue weighted by Gasteiger charge is 2.14. The molecule has 0 bridgehead atoms. The van der Waals surface area contributed by atoms with Gasteiger partial charge in [0.15, 0.2) is 5.96 Å². The summed E-state index contributed by atoms with van der Waals surface area (Å²) in [5.41, 5.74) is 0. The van der Waals surface area contributed by atoms with Gasteiger partial charge in [-0.15, -0.1) is 24.0 Å². The van der Waals surface area contributed by atoms with Crippen LogP contribution in [0.4, 0.5) is 0 Å². The SMILES string of the molecule is CCNC(=NCCC1CCCO1)NC(C)C(C)C.I. The van der Waals surface area contributed by atoms with Crippen LogP contribution in [0.1, 0.15) is 47.0 Å². The monoisotopic (exact) mass is 383 g/mol. The standard InChI is InChI=1S/C14H29N3O.HI/c1-5-15-14(17-12(4)11(2)3)16-9-8-13-7-6-10-18-13;/h11-13H,5-10H2,1-4H3,(H2,15,16,17);1H. The Morgan fingerprint density at radius 2 is 2.11 bits per heavy atom. The van der Waals surface area contributed by atoms with Gasteiger partial charge in [-0.25, -0.2) is 0 Å². The first kappa shape index (κ1) is 19.0. The molecule has 1 aliphatic heterocycles. The molecule has 1 heterocycles. The topological polar surface area (TPSA) is 45.7 Å². The summed E-state index contributed by atoms with van der Waals surface area (Å²) in [5.74, 6) is 1.53. The van der Waals surface area contributed by atoms with Crippen molar-refractivity contribution in [3.8, 4) is 0 Å². The van der Waals surface area contributed by atoms with Crippen molar-refractivity contribution in [3.63, 3.8) is 0 Å². The van der Waals surface area contributed by atoms with Crippen LogP contribution in [-0.2, 0) is 4.74 Å². The van der Waals surface area contributed by atoms with E-state index in [0.29, 0.717) is 18.1 Å². The molecule has 1 fully saturated rings. The minimum atomic E-state index is 0. The van der Waals surface area contributed by atoms with Gasteiger partial charge in [0.2, 0.25) is 0 Å². The maximum Gasteiger partial charge on any atom is 0.191 e. The van der Waals surface area contributed by atoms with Gasteiger partial charge in [0.05, 0.1) is 6.10 Å². The van der Waals surface area contributed by atoms with E-state index < -0.39 is 0 Å². The van der Waals surface area contributed by atoms with Gasteiger partial charge >= 0.3 is 0 Å². The van der Waals surface area contributed by atoms with Crippen LogP contribution in [-0.4, -0.2) is 37.8 Å². The predicted molar refractivity (Wildman–Crippen MR) is 92.4 cm³/mol. The smallest absolute Gasteiger partial charge is 0.191 e. The zero-order valence-electron chi connectivity index (χ0n) is 12.7. The maximum atomic E-state index is 5.60. The molecule has 2 N–H and O–H groups in total.